The number of hydrogen-bond donors (Lipinski definition) is 0. The van der Waals surface area contributed by atoms with E-state index in [0.29, 0.717) is 0 Å². The molecule has 0 saturated heterocycles. The van der Waals surface area contributed by atoms with Crippen LogP contribution < -0.4 is 0 Å². The van der Waals surface area contributed by atoms with Gasteiger partial charge in [-0.2, -0.15) is 0 Å². The van der Waals surface area contributed by atoms with Gasteiger partial charge in [-0.1, -0.05) is 72.8 Å². The van der Waals surface area contributed by atoms with E-state index in [1.165, 1.54) is 38.2 Å². The fraction of sp³-hybridized carbons (Fsp3) is 0.0435. The topological polar surface area (TPSA) is 0 Å². The normalized spacial score (nSPS) is 12.0. The fourth-order valence-corrected chi connectivity index (χ4v) is 3.23. The van der Waals surface area contributed by atoms with E-state index in [4.69, 9.17) is 0 Å². The highest BCUT2D eigenvalue weighted by Crippen LogP contribution is 2.29. The van der Waals surface area contributed by atoms with Gasteiger partial charge in [0.05, 0.1) is 0 Å². The first-order chi connectivity index (χ1) is 11.3. The van der Waals surface area contributed by atoms with E-state index in [1.54, 1.807) is 0 Å². The Morgan fingerprint density at radius 3 is 1.87 bits per heavy atom. The molecule has 0 spiro atoms. The summed E-state index contributed by atoms with van der Waals surface area (Å²) in [5.74, 6) is 0. The number of fused-ring (bicyclic) bond motifs is 2. The molecule has 4 rings (SSSR count). The summed E-state index contributed by atoms with van der Waals surface area (Å²) < 4.78 is 0. The third-order valence-electron chi connectivity index (χ3n) is 4.39. The zero-order valence-electron chi connectivity index (χ0n) is 13.2. The summed E-state index contributed by atoms with van der Waals surface area (Å²) in [4.78, 5) is 0. The molecule has 0 aliphatic carbocycles. The summed E-state index contributed by atoms with van der Waals surface area (Å²) >= 11 is 0. The minimum Gasteiger partial charge on any atom is -0.0792 e. The summed E-state index contributed by atoms with van der Waals surface area (Å²) in [5, 5.41) is 5.16. The molecule has 0 heteroatoms. The molecule has 0 heterocycles. The van der Waals surface area contributed by atoms with Gasteiger partial charge in [0.15, 0.2) is 0 Å². The highest BCUT2D eigenvalue weighted by Gasteiger charge is 2.05. The van der Waals surface area contributed by atoms with Gasteiger partial charge < -0.3 is 0 Å². The summed E-state index contributed by atoms with van der Waals surface area (Å²) in [7, 11) is 0. The van der Waals surface area contributed by atoms with Gasteiger partial charge >= 0.3 is 0 Å². The van der Waals surface area contributed by atoms with Crippen LogP contribution in [0.15, 0.2) is 91.0 Å². The lowest BCUT2D eigenvalue weighted by Gasteiger charge is -2.10. The zero-order valence-corrected chi connectivity index (χ0v) is 13.2. The van der Waals surface area contributed by atoms with Gasteiger partial charge in [0.25, 0.3) is 0 Å². The molecule has 4 aromatic carbocycles. The van der Waals surface area contributed by atoms with E-state index in [0.717, 1.165) is 0 Å². The molecule has 23 heavy (non-hydrogen) atoms. The van der Waals surface area contributed by atoms with Crippen LogP contribution in [0.4, 0.5) is 0 Å². The largest absolute Gasteiger partial charge is 0.0792 e. The van der Waals surface area contributed by atoms with Crippen molar-refractivity contribution in [3.8, 4) is 0 Å². The molecule has 0 nitrogen and oxygen atoms in total. The van der Waals surface area contributed by atoms with Crippen LogP contribution in [0.3, 0.4) is 0 Å². The van der Waals surface area contributed by atoms with E-state index in [1.807, 2.05) is 0 Å². The van der Waals surface area contributed by atoms with Crippen molar-refractivity contribution in [3.63, 3.8) is 0 Å². The van der Waals surface area contributed by atoms with Crippen molar-refractivity contribution in [2.24, 2.45) is 0 Å². The molecule has 0 fully saturated rings. The number of allylic oxidation sites excluding steroid dienone is 1. The fourth-order valence-electron chi connectivity index (χ4n) is 3.23. The Labute approximate surface area is 136 Å². The Morgan fingerprint density at radius 1 is 0.565 bits per heavy atom. The molecule has 0 atom stereocenters. The van der Waals surface area contributed by atoms with E-state index in [2.05, 4.69) is 97.9 Å². The number of rotatable bonds is 2. The maximum absolute atomic E-state index is 2.30. The molecule has 0 aromatic heterocycles. The molecule has 0 saturated carbocycles. The molecule has 0 N–H and O–H groups in total. The highest BCUT2D eigenvalue weighted by molar-refractivity contribution is 5.99. The van der Waals surface area contributed by atoms with Gasteiger partial charge in [0, 0.05) is 0 Å². The predicted molar refractivity (Wildman–Crippen MR) is 101 cm³/mol. The van der Waals surface area contributed by atoms with Crippen LogP contribution in [0.25, 0.3) is 27.1 Å². The zero-order chi connectivity index (χ0) is 15.6. The van der Waals surface area contributed by atoms with Crippen LogP contribution in [0.2, 0.25) is 0 Å². The first-order valence-electron chi connectivity index (χ1n) is 8.00. The molecular formula is C23H18. The molecular weight excluding hydrogens is 276 g/mol. The summed E-state index contributed by atoms with van der Waals surface area (Å²) in [5.41, 5.74) is 3.80. The van der Waals surface area contributed by atoms with Crippen LogP contribution in [-0.4, -0.2) is 0 Å². The molecule has 0 unspecified atom stereocenters. The van der Waals surface area contributed by atoms with Crippen LogP contribution >= 0.6 is 0 Å². The Hall–Kier alpha value is -2.86. The Balaban J connectivity index is 1.89. The quantitative estimate of drug-likeness (QED) is 0.373. The first kappa shape index (κ1) is 13.8. The summed E-state index contributed by atoms with van der Waals surface area (Å²) in [6.45, 7) is 2.10. The van der Waals surface area contributed by atoms with Crippen molar-refractivity contribution < 1.29 is 0 Å². The first-order valence-corrected chi connectivity index (χ1v) is 8.00. The van der Waals surface area contributed by atoms with Gasteiger partial charge in [-0.15, -0.1) is 0 Å². The Morgan fingerprint density at radius 2 is 1.17 bits per heavy atom. The molecule has 0 bridgehead atoms. The van der Waals surface area contributed by atoms with Crippen molar-refractivity contribution in [1.82, 2.24) is 0 Å². The average Bonchev–Trinajstić information content (AvgIpc) is 2.61. The van der Waals surface area contributed by atoms with Crippen molar-refractivity contribution in [3.05, 3.63) is 102 Å². The number of benzene rings is 4. The molecule has 0 radical (unpaired) electrons. The van der Waals surface area contributed by atoms with Crippen LogP contribution in [-0.2, 0) is 0 Å². The minimum atomic E-state index is 1.26. The summed E-state index contributed by atoms with van der Waals surface area (Å²) in [6, 6.07) is 30.4. The van der Waals surface area contributed by atoms with E-state index in [-0.39, 0.29) is 0 Å². The SMILES string of the molecule is C/C=C(/c1ccccc1)c1ccc2cc3ccccc3cc2c1. The van der Waals surface area contributed by atoms with Crippen molar-refractivity contribution in [2.75, 3.05) is 0 Å². The van der Waals surface area contributed by atoms with Gasteiger partial charge in [0.1, 0.15) is 0 Å². The Kier molecular flexibility index (Phi) is 3.44. The van der Waals surface area contributed by atoms with Crippen LogP contribution in [0, 0.1) is 0 Å². The van der Waals surface area contributed by atoms with Gasteiger partial charge in [0.2, 0.25) is 0 Å². The van der Waals surface area contributed by atoms with Gasteiger partial charge in [-0.05, 0) is 63.4 Å². The van der Waals surface area contributed by atoms with E-state index in [9.17, 15) is 0 Å². The minimum absolute atomic E-state index is 1.26. The molecule has 0 aliphatic rings. The lowest BCUT2D eigenvalue weighted by atomic mass is 9.94. The third-order valence-corrected chi connectivity index (χ3v) is 4.39. The monoisotopic (exact) mass is 294 g/mol. The van der Waals surface area contributed by atoms with Crippen LogP contribution in [0.5, 0.6) is 0 Å². The van der Waals surface area contributed by atoms with Crippen molar-refractivity contribution in [2.45, 2.75) is 6.92 Å². The third kappa shape index (κ3) is 2.53. The molecule has 4 aromatic rings. The van der Waals surface area contributed by atoms with Crippen molar-refractivity contribution in [1.29, 1.82) is 0 Å². The van der Waals surface area contributed by atoms with E-state index < -0.39 is 0 Å². The number of hydrogen-bond acceptors (Lipinski definition) is 0. The average molecular weight is 294 g/mol. The molecule has 0 aliphatic heterocycles. The smallest absolute Gasteiger partial charge is 0.0154 e. The lowest BCUT2D eigenvalue weighted by molar-refractivity contribution is 1.54. The standard InChI is InChI=1S/C23H18/c1-2-23(17-8-4-3-5-9-17)21-13-12-20-14-18-10-6-7-11-19(18)15-22(20)16-21/h2-16H,1H3/b23-2-. The second-order valence-corrected chi connectivity index (χ2v) is 5.83. The second-order valence-electron chi connectivity index (χ2n) is 5.83. The maximum atomic E-state index is 2.30. The van der Waals surface area contributed by atoms with Gasteiger partial charge in [-0.3, -0.25) is 0 Å². The predicted octanol–water partition coefficient (Wildman–Crippen LogP) is 6.44. The van der Waals surface area contributed by atoms with Crippen molar-refractivity contribution >= 4 is 27.1 Å². The lowest BCUT2D eigenvalue weighted by Crippen LogP contribution is -1.88. The molecule has 110 valence electrons. The Bertz CT molecular complexity index is 1010. The molecule has 0 amide bonds. The maximum Gasteiger partial charge on any atom is -0.0154 e. The van der Waals surface area contributed by atoms with Crippen LogP contribution in [0.1, 0.15) is 18.1 Å². The second kappa shape index (κ2) is 5.73. The summed E-state index contributed by atoms with van der Waals surface area (Å²) in [6.07, 6.45) is 2.19. The van der Waals surface area contributed by atoms with Gasteiger partial charge in [-0.25, -0.2) is 0 Å². The highest BCUT2D eigenvalue weighted by atomic mass is 14.1. The van der Waals surface area contributed by atoms with E-state index >= 15 is 0 Å².